The summed E-state index contributed by atoms with van der Waals surface area (Å²) in [6.07, 6.45) is 0. The predicted molar refractivity (Wildman–Crippen MR) is 102 cm³/mol. The maximum absolute atomic E-state index is 12.7. The highest BCUT2D eigenvalue weighted by Gasteiger charge is 2.34. The number of rotatable bonds is 5. The summed E-state index contributed by atoms with van der Waals surface area (Å²) in [6.45, 7) is 9.53. The normalized spacial score (nSPS) is 20.0. The van der Waals surface area contributed by atoms with Gasteiger partial charge in [0.1, 0.15) is 11.4 Å². The van der Waals surface area contributed by atoms with E-state index >= 15 is 0 Å². The number of benzene rings is 1. The number of ether oxygens (including phenoxy) is 2. The van der Waals surface area contributed by atoms with Crippen molar-refractivity contribution in [2.24, 2.45) is 0 Å². The lowest BCUT2D eigenvalue weighted by molar-refractivity contribution is -0.117. The third-order valence-corrected chi connectivity index (χ3v) is 6.12. The Bertz CT molecular complexity index is 803. The minimum atomic E-state index is -3.67. The number of anilines is 1. The number of carbonyl (C=O) groups excluding carboxylic acids is 1. The molecule has 8 nitrogen and oxygen atoms in total. The van der Waals surface area contributed by atoms with Crippen molar-refractivity contribution < 1.29 is 22.7 Å². The topological polar surface area (TPSA) is 88.2 Å². The van der Waals surface area contributed by atoms with E-state index in [0.717, 1.165) is 13.1 Å². The number of hydrogen-bond acceptors (Lipinski definition) is 6. The molecule has 1 aromatic carbocycles. The van der Waals surface area contributed by atoms with Gasteiger partial charge in [0, 0.05) is 33.1 Å². The first-order chi connectivity index (χ1) is 12.7. The molecule has 9 heteroatoms. The molecule has 2 aliphatic heterocycles. The van der Waals surface area contributed by atoms with Gasteiger partial charge in [-0.2, -0.15) is 0 Å². The maximum atomic E-state index is 12.7. The number of hydrogen-bond donors (Lipinski definition) is 1. The molecule has 0 aromatic heterocycles. The standard InChI is InChI=1S/C18H27N3O5S/c1-14(22)21-13-18(2,3)26-17-5-4-15(12-16(17)21)27(23,24)19-6-7-20-8-10-25-11-9-20/h4-5,12,19H,6-11,13H2,1-3H3. The van der Waals surface area contributed by atoms with E-state index in [1.165, 1.54) is 19.1 Å². The lowest BCUT2D eigenvalue weighted by Gasteiger charge is -2.39. The van der Waals surface area contributed by atoms with Gasteiger partial charge in [-0.1, -0.05) is 0 Å². The first-order valence-corrected chi connectivity index (χ1v) is 10.6. The van der Waals surface area contributed by atoms with Crippen LogP contribution in [0.4, 0.5) is 5.69 Å². The third-order valence-electron chi connectivity index (χ3n) is 4.66. The van der Waals surface area contributed by atoms with E-state index in [0.29, 0.717) is 44.3 Å². The first-order valence-electron chi connectivity index (χ1n) is 9.09. The largest absolute Gasteiger partial charge is 0.484 e. The molecule has 1 N–H and O–H groups in total. The smallest absolute Gasteiger partial charge is 0.240 e. The Balaban J connectivity index is 1.74. The minimum Gasteiger partial charge on any atom is -0.484 e. The fourth-order valence-corrected chi connectivity index (χ4v) is 4.33. The Morgan fingerprint density at radius 3 is 2.63 bits per heavy atom. The number of nitrogens with one attached hydrogen (secondary N) is 1. The molecule has 0 aliphatic carbocycles. The Morgan fingerprint density at radius 1 is 1.26 bits per heavy atom. The van der Waals surface area contributed by atoms with Crippen LogP contribution >= 0.6 is 0 Å². The van der Waals surface area contributed by atoms with Crippen molar-refractivity contribution in [3.05, 3.63) is 18.2 Å². The molecule has 0 atom stereocenters. The first kappa shape index (κ1) is 20.1. The van der Waals surface area contributed by atoms with Crippen LogP contribution in [0.2, 0.25) is 0 Å². The molecule has 3 rings (SSSR count). The van der Waals surface area contributed by atoms with Crippen molar-refractivity contribution in [2.75, 3.05) is 50.8 Å². The molecule has 0 unspecified atom stereocenters. The van der Waals surface area contributed by atoms with Crippen molar-refractivity contribution >= 4 is 21.6 Å². The lowest BCUT2D eigenvalue weighted by Crippen LogP contribution is -2.48. The zero-order valence-electron chi connectivity index (χ0n) is 16.0. The number of nitrogens with zero attached hydrogens (tertiary/aromatic N) is 2. The van der Waals surface area contributed by atoms with E-state index < -0.39 is 15.6 Å². The summed E-state index contributed by atoms with van der Waals surface area (Å²) >= 11 is 0. The van der Waals surface area contributed by atoms with Gasteiger partial charge in [-0.25, -0.2) is 13.1 Å². The number of sulfonamides is 1. The monoisotopic (exact) mass is 397 g/mol. The lowest BCUT2D eigenvalue weighted by atomic mass is 10.1. The van der Waals surface area contributed by atoms with Crippen LogP contribution in [0.15, 0.2) is 23.1 Å². The number of carbonyl (C=O) groups is 1. The SMILES string of the molecule is CC(=O)N1CC(C)(C)Oc2ccc(S(=O)(=O)NCCN3CCOCC3)cc21. The molecule has 150 valence electrons. The predicted octanol–water partition coefficient (Wildman–Crippen LogP) is 0.821. The van der Waals surface area contributed by atoms with Crippen molar-refractivity contribution in [3.63, 3.8) is 0 Å². The highest BCUT2D eigenvalue weighted by Crippen LogP contribution is 2.38. The number of morpholine rings is 1. The van der Waals surface area contributed by atoms with Crippen LogP contribution in [0.1, 0.15) is 20.8 Å². The van der Waals surface area contributed by atoms with Gasteiger partial charge in [-0.05, 0) is 32.0 Å². The van der Waals surface area contributed by atoms with Crippen molar-refractivity contribution in [1.29, 1.82) is 0 Å². The second kappa shape index (κ2) is 7.75. The van der Waals surface area contributed by atoms with Crippen LogP contribution in [0.25, 0.3) is 0 Å². The highest BCUT2D eigenvalue weighted by atomic mass is 32.2. The van der Waals surface area contributed by atoms with Gasteiger partial charge in [0.15, 0.2) is 0 Å². The molecule has 2 heterocycles. The molecule has 0 spiro atoms. The van der Waals surface area contributed by atoms with Gasteiger partial charge < -0.3 is 14.4 Å². The Hall–Kier alpha value is -1.68. The van der Waals surface area contributed by atoms with E-state index in [1.54, 1.807) is 11.0 Å². The number of fused-ring (bicyclic) bond motifs is 1. The van der Waals surface area contributed by atoms with E-state index in [1.807, 2.05) is 13.8 Å². The molecule has 0 radical (unpaired) electrons. The van der Waals surface area contributed by atoms with E-state index in [4.69, 9.17) is 9.47 Å². The van der Waals surface area contributed by atoms with Crippen LogP contribution in [-0.4, -0.2) is 70.8 Å². The Labute approximate surface area is 160 Å². The molecule has 1 aromatic rings. The maximum Gasteiger partial charge on any atom is 0.240 e. The van der Waals surface area contributed by atoms with Crippen LogP contribution in [-0.2, 0) is 19.6 Å². The van der Waals surface area contributed by atoms with Crippen LogP contribution in [0.3, 0.4) is 0 Å². The van der Waals surface area contributed by atoms with Gasteiger partial charge in [0.2, 0.25) is 15.9 Å². The van der Waals surface area contributed by atoms with Gasteiger partial charge >= 0.3 is 0 Å². The molecule has 0 bridgehead atoms. The molecule has 1 amide bonds. The average Bonchev–Trinajstić information content (AvgIpc) is 2.60. The Kier molecular flexibility index (Phi) is 5.76. The van der Waals surface area contributed by atoms with Crippen LogP contribution in [0.5, 0.6) is 5.75 Å². The molecule has 27 heavy (non-hydrogen) atoms. The quantitative estimate of drug-likeness (QED) is 0.792. The van der Waals surface area contributed by atoms with Gasteiger partial charge in [-0.3, -0.25) is 9.69 Å². The molecule has 2 aliphatic rings. The summed E-state index contributed by atoms with van der Waals surface area (Å²) in [5.74, 6) is 0.358. The average molecular weight is 397 g/mol. The fourth-order valence-electron chi connectivity index (χ4n) is 3.28. The molecule has 1 fully saturated rings. The third kappa shape index (κ3) is 4.78. The van der Waals surface area contributed by atoms with Crippen LogP contribution < -0.4 is 14.4 Å². The summed E-state index contributed by atoms with van der Waals surface area (Å²) in [6, 6.07) is 4.63. The van der Waals surface area contributed by atoms with Crippen molar-refractivity contribution in [3.8, 4) is 5.75 Å². The summed E-state index contributed by atoms with van der Waals surface area (Å²) in [5.41, 5.74) is -0.0481. The molecular weight excluding hydrogens is 370 g/mol. The van der Waals surface area contributed by atoms with Gasteiger partial charge in [-0.15, -0.1) is 0 Å². The minimum absolute atomic E-state index is 0.123. The second-order valence-corrected chi connectivity index (χ2v) is 9.22. The van der Waals surface area contributed by atoms with Crippen molar-refractivity contribution in [2.45, 2.75) is 31.3 Å². The highest BCUT2D eigenvalue weighted by molar-refractivity contribution is 7.89. The summed E-state index contributed by atoms with van der Waals surface area (Å²) in [5, 5.41) is 0. The molecule has 1 saturated heterocycles. The Morgan fingerprint density at radius 2 is 1.96 bits per heavy atom. The van der Waals surface area contributed by atoms with Crippen molar-refractivity contribution in [1.82, 2.24) is 9.62 Å². The van der Waals surface area contributed by atoms with Crippen LogP contribution in [0, 0.1) is 0 Å². The molecule has 0 saturated carbocycles. The van der Waals surface area contributed by atoms with Gasteiger partial charge in [0.05, 0.1) is 30.3 Å². The van der Waals surface area contributed by atoms with E-state index in [2.05, 4.69) is 9.62 Å². The summed E-state index contributed by atoms with van der Waals surface area (Å²) in [4.78, 5) is 15.9. The second-order valence-electron chi connectivity index (χ2n) is 7.45. The van der Waals surface area contributed by atoms with E-state index in [9.17, 15) is 13.2 Å². The number of amides is 1. The zero-order chi connectivity index (χ0) is 19.7. The zero-order valence-corrected chi connectivity index (χ0v) is 16.8. The fraction of sp³-hybridized carbons (Fsp3) is 0.611. The summed E-state index contributed by atoms with van der Waals surface area (Å²) in [7, 11) is -3.67. The van der Waals surface area contributed by atoms with Gasteiger partial charge in [0.25, 0.3) is 0 Å². The van der Waals surface area contributed by atoms with E-state index in [-0.39, 0.29) is 10.8 Å². The summed E-state index contributed by atoms with van der Waals surface area (Å²) < 4.78 is 39.2. The molecular formula is C18H27N3O5S.